The van der Waals surface area contributed by atoms with Gasteiger partial charge >= 0.3 is 0 Å². The van der Waals surface area contributed by atoms with Crippen molar-refractivity contribution in [3.8, 4) is 0 Å². The van der Waals surface area contributed by atoms with Crippen LogP contribution in [0.2, 0.25) is 0 Å². The van der Waals surface area contributed by atoms with Gasteiger partial charge in [0.05, 0.1) is 10.9 Å². The second kappa shape index (κ2) is 10.3. The smallest absolute Gasteiger partial charge is 0.264 e. The summed E-state index contributed by atoms with van der Waals surface area (Å²) in [6.45, 7) is 3.86. The number of benzene rings is 1. The normalized spacial score (nSPS) is 22.6. The van der Waals surface area contributed by atoms with Crippen LogP contribution in [-0.2, 0) is 16.0 Å². The third kappa shape index (κ3) is 5.03. The molecule has 0 bridgehead atoms. The highest BCUT2D eigenvalue weighted by atomic mass is 32.1. The summed E-state index contributed by atoms with van der Waals surface area (Å²) in [4.78, 5) is 46.5. The Balaban J connectivity index is 1.37. The summed E-state index contributed by atoms with van der Waals surface area (Å²) in [7, 11) is 0. The van der Waals surface area contributed by atoms with Gasteiger partial charge in [-0.15, -0.1) is 11.3 Å². The summed E-state index contributed by atoms with van der Waals surface area (Å²) in [5.74, 6) is 0.184. The maximum Gasteiger partial charge on any atom is 0.264 e. The fourth-order valence-electron chi connectivity index (χ4n) is 5.07. The van der Waals surface area contributed by atoms with Gasteiger partial charge in [0.15, 0.2) is 0 Å². The Hall–Kier alpha value is -2.71. The van der Waals surface area contributed by atoms with Crippen LogP contribution in [0.5, 0.6) is 0 Å². The molecule has 1 aliphatic carbocycles. The molecular formula is C26H32N4O3S. The van der Waals surface area contributed by atoms with E-state index in [-0.39, 0.29) is 29.7 Å². The number of likely N-dealkylation sites (tertiary alicyclic amines) is 1. The minimum absolute atomic E-state index is 0.00999. The van der Waals surface area contributed by atoms with Crippen LogP contribution in [0, 0.1) is 5.92 Å². The van der Waals surface area contributed by atoms with Gasteiger partial charge in [-0.05, 0) is 42.7 Å². The summed E-state index contributed by atoms with van der Waals surface area (Å²) >= 11 is 1.40. The van der Waals surface area contributed by atoms with E-state index < -0.39 is 6.04 Å². The van der Waals surface area contributed by atoms with Crippen LogP contribution in [0.3, 0.4) is 0 Å². The molecule has 0 spiro atoms. The number of hydrogen-bond donors (Lipinski definition) is 1. The third-order valence-corrected chi connectivity index (χ3v) is 7.98. The van der Waals surface area contributed by atoms with Crippen LogP contribution in [0.25, 0.3) is 0 Å². The molecule has 3 heterocycles. The van der Waals surface area contributed by atoms with E-state index in [1.807, 2.05) is 45.5 Å². The molecule has 1 aromatic heterocycles. The molecule has 2 saturated heterocycles. The molecule has 0 radical (unpaired) electrons. The highest BCUT2D eigenvalue weighted by molar-refractivity contribution is 7.12. The van der Waals surface area contributed by atoms with E-state index in [4.69, 9.17) is 0 Å². The molecule has 2 aliphatic heterocycles. The van der Waals surface area contributed by atoms with Crippen LogP contribution in [0.4, 0.5) is 0 Å². The van der Waals surface area contributed by atoms with E-state index in [1.165, 1.54) is 16.9 Å². The molecule has 1 saturated carbocycles. The van der Waals surface area contributed by atoms with Gasteiger partial charge in [0.25, 0.3) is 5.91 Å². The second-order valence-electron chi connectivity index (χ2n) is 9.46. The summed E-state index contributed by atoms with van der Waals surface area (Å²) in [5.41, 5.74) is 1.19. The Labute approximate surface area is 204 Å². The standard InChI is InChI=1S/C26H32N4O3S/c31-24(20-8-9-20)29(13-10-19-5-2-1-3-6-19)21-17-22(25(32)28-14-11-27-12-15-28)30(18-21)26(33)23-7-4-16-34-23/h1-7,16,20-22,27H,8-15,17-18H2. The zero-order chi connectivity index (χ0) is 23.5. The Bertz CT molecular complexity index is 1000. The molecule has 5 rings (SSSR count). The number of thiophene rings is 1. The highest BCUT2D eigenvalue weighted by Gasteiger charge is 2.46. The minimum atomic E-state index is -0.524. The SMILES string of the molecule is O=C(C1CC(N(CCc2ccccc2)C(=O)C2CC2)CN1C(=O)c1cccs1)N1CCNCC1. The van der Waals surface area contributed by atoms with Gasteiger partial charge in [0.1, 0.15) is 6.04 Å². The van der Waals surface area contributed by atoms with Gasteiger partial charge in [-0.3, -0.25) is 14.4 Å². The first kappa shape index (κ1) is 23.1. The van der Waals surface area contributed by atoms with Crippen LogP contribution < -0.4 is 5.32 Å². The van der Waals surface area contributed by atoms with Gasteiger partial charge in [0, 0.05) is 45.2 Å². The summed E-state index contributed by atoms with van der Waals surface area (Å²) < 4.78 is 0. The van der Waals surface area contributed by atoms with E-state index >= 15 is 0 Å². The van der Waals surface area contributed by atoms with E-state index in [1.54, 1.807) is 4.90 Å². The zero-order valence-corrected chi connectivity index (χ0v) is 20.2. The predicted molar refractivity (Wildman–Crippen MR) is 132 cm³/mol. The number of nitrogens with zero attached hydrogens (tertiary/aromatic N) is 3. The number of hydrogen-bond acceptors (Lipinski definition) is 5. The number of amides is 3. The topological polar surface area (TPSA) is 73.0 Å². The molecule has 2 unspecified atom stereocenters. The van der Waals surface area contributed by atoms with Crippen molar-refractivity contribution in [1.29, 1.82) is 0 Å². The van der Waals surface area contributed by atoms with Crippen LogP contribution in [0.1, 0.15) is 34.5 Å². The average Bonchev–Trinajstić information content (AvgIpc) is 3.40. The Kier molecular flexibility index (Phi) is 6.97. The molecule has 1 aromatic carbocycles. The number of nitrogens with one attached hydrogen (secondary N) is 1. The molecule has 34 heavy (non-hydrogen) atoms. The fraction of sp³-hybridized carbons (Fsp3) is 0.500. The maximum absolute atomic E-state index is 13.6. The third-order valence-electron chi connectivity index (χ3n) is 7.12. The van der Waals surface area contributed by atoms with Crippen molar-refractivity contribution in [1.82, 2.24) is 20.0 Å². The lowest BCUT2D eigenvalue weighted by Crippen LogP contribution is -2.53. The van der Waals surface area contributed by atoms with E-state index in [2.05, 4.69) is 17.4 Å². The Morgan fingerprint density at radius 3 is 2.47 bits per heavy atom. The van der Waals surface area contributed by atoms with E-state index in [9.17, 15) is 14.4 Å². The first-order valence-electron chi connectivity index (χ1n) is 12.3. The summed E-state index contributed by atoms with van der Waals surface area (Å²) in [5, 5.41) is 5.17. The molecule has 2 atom stereocenters. The van der Waals surface area contributed by atoms with Crippen molar-refractivity contribution in [2.45, 2.75) is 37.8 Å². The molecule has 7 nitrogen and oxygen atoms in total. The van der Waals surface area contributed by atoms with Gasteiger partial charge < -0.3 is 20.0 Å². The maximum atomic E-state index is 13.6. The zero-order valence-electron chi connectivity index (χ0n) is 19.4. The first-order valence-corrected chi connectivity index (χ1v) is 13.2. The van der Waals surface area contributed by atoms with Crippen molar-refractivity contribution < 1.29 is 14.4 Å². The largest absolute Gasteiger partial charge is 0.338 e. The number of rotatable bonds is 7. The molecule has 3 aliphatic rings. The number of carbonyl (C=O) groups is 3. The lowest BCUT2D eigenvalue weighted by Gasteiger charge is -2.32. The second-order valence-corrected chi connectivity index (χ2v) is 10.4. The van der Waals surface area contributed by atoms with Gasteiger partial charge in [-0.25, -0.2) is 0 Å². The number of piperazine rings is 1. The fourth-order valence-corrected chi connectivity index (χ4v) is 5.75. The van der Waals surface area contributed by atoms with E-state index in [0.29, 0.717) is 37.5 Å². The minimum Gasteiger partial charge on any atom is -0.338 e. The van der Waals surface area contributed by atoms with Crippen LogP contribution >= 0.6 is 11.3 Å². The molecular weight excluding hydrogens is 448 g/mol. The summed E-state index contributed by atoms with van der Waals surface area (Å²) in [6, 6.07) is 13.2. The lowest BCUT2D eigenvalue weighted by molar-refractivity contribution is -0.137. The Morgan fingerprint density at radius 2 is 1.79 bits per heavy atom. The van der Waals surface area contributed by atoms with Crippen molar-refractivity contribution in [2.75, 3.05) is 39.3 Å². The lowest BCUT2D eigenvalue weighted by atomic mass is 10.1. The van der Waals surface area contributed by atoms with Crippen molar-refractivity contribution in [2.24, 2.45) is 5.92 Å². The molecule has 180 valence electrons. The molecule has 3 fully saturated rings. The first-order chi connectivity index (χ1) is 16.6. The monoisotopic (exact) mass is 480 g/mol. The molecule has 2 aromatic rings. The number of carbonyl (C=O) groups excluding carboxylic acids is 3. The van der Waals surface area contributed by atoms with Crippen molar-refractivity contribution >= 4 is 29.1 Å². The quantitative estimate of drug-likeness (QED) is 0.660. The van der Waals surface area contributed by atoms with Crippen LogP contribution in [-0.4, -0.2) is 83.8 Å². The van der Waals surface area contributed by atoms with Crippen molar-refractivity contribution in [3.05, 3.63) is 58.3 Å². The predicted octanol–water partition coefficient (Wildman–Crippen LogP) is 2.24. The Morgan fingerprint density at radius 1 is 1.03 bits per heavy atom. The molecule has 1 N–H and O–H groups in total. The van der Waals surface area contributed by atoms with Gasteiger partial charge in [-0.2, -0.15) is 0 Å². The highest BCUT2D eigenvalue weighted by Crippen LogP contribution is 2.34. The summed E-state index contributed by atoms with van der Waals surface area (Å²) in [6.07, 6.45) is 3.15. The molecule has 8 heteroatoms. The van der Waals surface area contributed by atoms with Crippen LogP contribution in [0.15, 0.2) is 47.8 Å². The van der Waals surface area contributed by atoms with Gasteiger partial charge in [-0.1, -0.05) is 36.4 Å². The van der Waals surface area contributed by atoms with E-state index in [0.717, 1.165) is 32.4 Å². The molecule has 3 amide bonds. The van der Waals surface area contributed by atoms with Crippen molar-refractivity contribution in [3.63, 3.8) is 0 Å². The van der Waals surface area contributed by atoms with Gasteiger partial charge in [0.2, 0.25) is 11.8 Å². The average molecular weight is 481 g/mol.